The average Bonchev–Trinajstić information content (AvgIpc) is 2.62. The minimum absolute atomic E-state index is 0.0792. The van der Waals surface area contributed by atoms with Gasteiger partial charge in [0.2, 0.25) is 0 Å². The lowest BCUT2D eigenvalue weighted by Gasteiger charge is -2.30. The lowest BCUT2D eigenvalue weighted by molar-refractivity contribution is -0.384. The molecule has 0 spiro atoms. The third-order valence-corrected chi connectivity index (χ3v) is 4.46. The summed E-state index contributed by atoms with van der Waals surface area (Å²) in [6, 6.07) is 14.0. The van der Waals surface area contributed by atoms with E-state index in [0.717, 1.165) is 0 Å². The van der Waals surface area contributed by atoms with E-state index in [-0.39, 0.29) is 10.7 Å². The van der Waals surface area contributed by atoms with Crippen LogP contribution in [0.3, 0.4) is 0 Å². The Morgan fingerprint density at radius 1 is 1.04 bits per heavy atom. The molecule has 3 aromatic rings. The summed E-state index contributed by atoms with van der Waals surface area (Å²) in [5.74, 6) is 0. The molecule has 7 heteroatoms. The Bertz CT molecular complexity index is 917. The van der Waals surface area contributed by atoms with Gasteiger partial charge in [-0.25, -0.2) is 0 Å². The van der Waals surface area contributed by atoms with Crippen LogP contribution in [0, 0.1) is 10.1 Å². The van der Waals surface area contributed by atoms with Crippen LogP contribution in [0.5, 0.6) is 0 Å². The largest absolute Gasteiger partial charge is 0.376 e. The summed E-state index contributed by atoms with van der Waals surface area (Å²) < 4.78 is 0. The molecular formula is C18H12Cl2N2O3. The summed E-state index contributed by atoms with van der Waals surface area (Å²) in [5.41, 5.74) is -0.479. The van der Waals surface area contributed by atoms with Crippen molar-refractivity contribution >= 4 is 28.9 Å². The van der Waals surface area contributed by atoms with Crippen molar-refractivity contribution in [2.75, 3.05) is 0 Å². The van der Waals surface area contributed by atoms with Crippen LogP contribution in [-0.2, 0) is 5.60 Å². The Morgan fingerprint density at radius 3 is 2.32 bits per heavy atom. The van der Waals surface area contributed by atoms with Crippen LogP contribution < -0.4 is 0 Å². The van der Waals surface area contributed by atoms with E-state index in [4.69, 9.17) is 23.2 Å². The molecule has 126 valence electrons. The Balaban J connectivity index is 2.25. The topological polar surface area (TPSA) is 76.3 Å². The first-order valence-electron chi connectivity index (χ1n) is 7.26. The number of rotatable bonds is 4. The second-order valence-electron chi connectivity index (χ2n) is 5.38. The molecule has 1 unspecified atom stereocenters. The zero-order valence-electron chi connectivity index (χ0n) is 12.8. The fourth-order valence-corrected chi connectivity index (χ4v) is 3.09. The SMILES string of the molecule is O=[N+]([O-])c1ccc(C(O)(c2ccc(Cl)cc2)c2cccnc2)c(Cl)c1. The second kappa shape index (κ2) is 6.80. The van der Waals surface area contributed by atoms with Crippen LogP contribution >= 0.6 is 23.2 Å². The quantitative estimate of drug-likeness (QED) is 0.535. The van der Waals surface area contributed by atoms with Gasteiger partial charge in [0.1, 0.15) is 5.60 Å². The molecule has 0 bridgehead atoms. The summed E-state index contributed by atoms with van der Waals surface area (Å²) in [6.07, 6.45) is 3.11. The zero-order chi connectivity index (χ0) is 18.0. The molecule has 0 aliphatic heterocycles. The van der Waals surface area contributed by atoms with E-state index in [1.807, 2.05) is 0 Å². The number of aromatic nitrogens is 1. The molecule has 1 atom stereocenters. The molecule has 0 fully saturated rings. The van der Waals surface area contributed by atoms with Gasteiger partial charge in [-0.1, -0.05) is 41.4 Å². The molecular weight excluding hydrogens is 363 g/mol. The number of nitro groups is 1. The number of pyridine rings is 1. The summed E-state index contributed by atoms with van der Waals surface area (Å²) in [5, 5.41) is 23.1. The van der Waals surface area contributed by atoms with E-state index in [1.165, 1.54) is 24.4 Å². The molecule has 0 amide bonds. The molecule has 0 aliphatic carbocycles. The lowest BCUT2D eigenvalue weighted by atomic mass is 9.81. The summed E-state index contributed by atoms with van der Waals surface area (Å²) in [4.78, 5) is 14.5. The Labute approximate surface area is 153 Å². The van der Waals surface area contributed by atoms with E-state index >= 15 is 0 Å². The predicted octanol–water partition coefficient (Wildman–Crippen LogP) is 4.58. The van der Waals surface area contributed by atoms with Crippen molar-refractivity contribution < 1.29 is 10.0 Å². The van der Waals surface area contributed by atoms with Gasteiger partial charge in [-0.15, -0.1) is 0 Å². The van der Waals surface area contributed by atoms with Crippen molar-refractivity contribution in [1.82, 2.24) is 4.98 Å². The van der Waals surface area contributed by atoms with Crippen molar-refractivity contribution in [3.8, 4) is 0 Å². The first-order chi connectivity index (χ1) is 11.9. The minimum atomic E-state index is -1.63. The number of aliphatic hydroxyl groups is 1. The van der Waals surface area contributed by atoms with Crippen LogP contribution in [0.2, 0.25) is 10.0 Å². The van der Waals surface area contributed by atoms with Crippen molar-refractivity contribution in [2.24, 2.45) is 0 Å². The fraction of sp³-hybridized carbons (Fsp3) is 0.0556. The summed E-state index contributed by atoms with van der Waals surface area (Å²) >= 11 is 12.2. The molecule has 1 heterocycles. The number of benzene rings is 2. The third-order valence-electron chi connectivity index (χ3n) is 3.89. The Hall–Kier alpha value is -2.47. The third kappa shape index (κ3) is 3.22. The van der Waals surface area contributed by atoms with Gasteiger partial charge in [0.05, 0.1) is 9.95 Å². The van der Waals surface area contributed by atoms with E-state index < -0.39 is 10.5 Å². The number of nitrogens with zero attached hydrogens (tertiary/aromatic N) is 2. The normalized spacial score (nSPS) is 13.2. The highest BCUT2D eigenvalue weighted by Gasteiger charge is 2.36. The highest BCUT2D eigenvalue weighted by Crippen LogP contribution is 2.41. The molecule has 0 saturated carbocycles. The number of halogens is 2. The van der Waals surface area contributed by atoms with Gasteiger partial charge in [0.25, 0.3) is 5.69 Å². The summed E-state index contributed by atoms with van der Waals surface area (Å²) in [7, 11) is 0. The van der Waals surface area contributed by atoms with Crippen molar-refractivity contribution in [2.45, 2.75) is 5.60 Å². The van der Waals surface area contributed by atoms with Crippen molar-refractivity contribution in [1.29, 1.82) is 0 Å². The van der Waals surface area contributed by atoms with Crippen LogP contribution in [0.1, 0.15) is 16.7 Å². The van der Waals surface area contributed by atoms with Crippen molar-refractivity contribution in [3.05, 3.63) is 104 Å². The lowest BCUT2D eigenvalue weighted by Crippen LogP contribution is -2.29. The van der Waals surface area contributed by atoms with E-state index in [2.05, 4.69) is 4.98 Å². The standard InChI is InChI=1S/C18H12Cl2N2O3/c19-14-5-3-12(4-6-14)18(23,13-2-1-9-21-11-13)16-8-7-15(22(24)25)10-17(16)20/h1-11,23H. The Morgan fingerprint density at radius 2 is 1.76 bits per heavy atom. The zero-order valence-corrected chi connectivity index (χ0v) is 14.3. The molecule has 25 heavy (non-hydrogen) atoms. The van der Waals surface area contributed by atoms with Crippen LogP contribution in [0.15, 0.2) is 67.0 Å². The monoisotopic (exact) mass is 374 g/mol. The van der Waals surface area contributed by atoms with Gasteiger partial charge in [0, 0.05) is 40.7 Å². The van der Waals surface area contributed by atoms with E-state index in [9.17, 15) is 15.2 Å². The molecule has 0 saturated heterocycles. The van der Waals surface area contributed by atoms with E-state index in [1.54, 1.807) is 42.6 Å². The number of non-ortho nitro benzene ring substituents is 1. The van der Waals surface area contributed by atoms with Gasteiger partial charge < -0.3 is 5.11 Å². The van der Waals surface area contributed by atoms with Crippen LogP contribution in [0.4, 0.5) is 5.69 Å². The van der Waals surface area contributed by atoms with Crippen LogP contribution in [0.25, 0.3) is 0 Å². The fourth-order valence-electron chi connectivity index (χ4n) is 2.66. The maximum Gasteiger partial charge on any atom is 0.270 e. The highest BCUT2D eigenvalue weighted by atomic mass is 35.5. The first-order valence-corrected chi connectivity index (χ1v) is 8.02. The molecule has 3 rings (SSSR count). The maximum absolute atomic E-state index is 11.6. The molecule has 5 nitrogen and oxygen atoms in total. The second-order valence-corrected chi connectivity index (χ2v) is 6.22. The van der Waals surface area contributed by atoms with Gasteiger partial charge in [-0.2, -0.15) is 0 Å². The van der Waals surface area contributed by atoms with Gasteiger partial charge in [0.15, 0.2) is 0 Å². The molecule has 1 aromatic heterocycles. The predicted molar refractivity (Wildman–Crippen MR) is 95.9 cm³/mol. The highest BCUT2D eigenvalue weighted by molar-refractivity contribution is 6.32. The number of hydrogen-bond acceptors (Lipinski definition) is 4. The first kappa shape index (κ1) is 17.4. The molecule has 2 aromatic carbocycles. The number of nitro benzene ring substituents is 1. The molecule has 1 N–H and O–H groups in total. The number of hydrogen-bond donors (Lipinski definition) is 1. The maximum atomic E-state index is 11.6. The molecule has 0 aliphatic rings. The van der Waals surface area contributed by atoms with Crippen LogP contribution in [-0.4, -0.2) is 15.0 Å². The Kier molecular flexibility index (Phi) is 4.72. The van der Waals surface area contributed by atoms with Gasteiger partial charge in [-0.05, 0) is 29.8 Å². The average molecular weight is 375 g/mol. The molecule has 0 radical (unpaired) electrons. The van der Waals surface area contributed by atoms with E-state index in [0.29, 0.717) is 21.7 Å². The van der Waals surface area contributed by atoms with Crippen molar-refractivity contribution in [3.63, 3.8) is 0 Å². The summed E-state index contributed by atoms with van der Waals surface area (Å²) in [6.45, 7) is 0. The van der Waals surface area contributed by atoms with Gasteiger partial charge >= 0.3 is 0 Å². The smallest absolute Gasteiger partial charge is 0.270 e. The minimum Gasteiger partial charge on any atom is -0.376 e. The van der Waals surface area contributed by atoms with Gasteiger partial charge in [-0.3, -0.25) is 15.1 Å².